The fourth-order valence-electron chi connectivity index (χ4n) is 1.84. The van der Waals surface area contributed by atoms with Crippen LogP contribution < -0.4 is 16.2 Å². The molecule has 0 atom stereocenters. The molecule has 0 heterocycles. The van der Waals surface area contributed by atoms with Crippen molar-refractivity contribution < 1.29 is 4.79 Å². The molecule has 0 saturated heterocycles. The van der Waals surface area contributed by atoms with Crippen molar-refractivity contribution in [1.29, 1.82) is 0 Å². The maximum atomic E-state index is 10.0. The van der Waals surface area contributed by atoms with E-state index in [4.69, 9.17) is 0 Å². The summed E-state index contributed by atoms with van der Waals surface area (Å²) in [5.74, 6) is 0. The Kier molecular flexibility index (Phi) is 3.81. The monoisotopic (exact) mass is 241 g/mol. The summed E-state index contributed by atoms with van der Waals surface area (Å²) in [6.07, 6.45) is 4.16. The van der Waals surface area contributed by atoms with Gasteiger partial charge in [0.25, 0.3) is 0 Å². The molecule has 0 fully saturated rings. The van der Waals surface area contributed by atoms with Crippen molar-refractivity contribution in [2.45, 2.75) is 0 Å². The second-order valence-electron chi connectivity index (χ2n) is 3.78. The third-order valence-corrected chi connectivity index (χ3v) is 2.68. The molecular weight excluding hydrogens is 226 g/mol. The van der Waals surface area contributed by atoms with Crippen LogP contribution in [-0.2, 0) is 4.79 Å². The number of carbonyl (C=O) groups is 1. The van der Waals surface area contributed by atoms with Crippen LogP contribution in [0.2, 0.25) is 0 Å². The van der Waals surface area contributed by atoms with E-state index in [9.17, 15) is 4.79 Å². The van der Waals surface area contributed by atoms with Gasteiger partial charge in [-0.3, -0.25) is 10.2 Å². The zero-order valence-corrected chi connectivity index (χ0v) is 10.1. The quantitative estimate of drug-likeness (QED) is 0.427. The number of fused-ring (bicyclic) bond motifs is 1. The second kappa shape index (κ2) is 5.72. The summed E-state index contributed by atoms with van der Waals surface area (Å²) >= 11 is 0. The van der Waals surface area contributed by atoms with Crippen LogP contribution in [-0.4, -0.2) is 13.5 Å². The average Bonchev–Trinajstić information content (AvgIpc) is 2.42. The van der Waals surface area contributed by atoms with Crippen LogP contribution in [0.3, 0.4) is 0 Å². The van der Waals surface area contributed by atoms with Crippen LogP contribution in [0.15, 0.2) is 42.6 Å². The molecule has 0 unspecified atom stereocenters. The van der Waals surface area contributed by atoms with Crippen molar-refractivity contribution in [1.82, 2.24) is 10.9 Å². The predicted molar refractivity (Wildman–Crippen MR) is 74.9 cm³/mol. The lowest BCUT2D eigenvalue weighted by molar-refractivity contribution is -0.110. The summed E-state index contributed by atoms with van der Waals surface area (Å²) in [5.41, 5.74) is 7.17. The Labute approximate surface area is 106 Å². The van der Waals surface area contributed by atoms with Gasteiger partial charge in [-0.1, -0.05) is 24.3 Å². The first kappa shape index (κ1) is 12.0. The van der Waals surface area contributed by atoms with Crippen molar-refractivity contribution in [3.8, 4) is 0 Å². The molecule has 0 aliphatic carbocycles. The number of anilines is 1. The fourth-order valence-corrected chi connectivity index (χ4v) is 1.84. The molecule has 0 aliphatic heterocycles. The Morgan fingerprint density at radius 1 is 1.11 bits per heavy atom. The number of nitrogens with one attached hydrogen (secondary N) is 3. The Bertz CT molecular complexity index is 578. The number of hydrogen-bond donors (Lipinski definition) is 3. The molecule has 3 N–H and O–H groups in total. The van der Waals surface area contributed by atoms with Gasteiger partial charge in [-0.25, -0.2) is 0 Å². The molecule has 1 amide bonds. The van der Waals surface area contributed by atoms with Crippen LogP contribution in [0.25, 0.3) is 16.8 Å². The van der Waals surface area contributed by atoms with E-state index in [1.807, 2.05) is 31.3 Å². The van der Waals surface area contributed by atoms with Gasteiger partial charge >= 0.3 is 0 Å². The lowest BCUT2D eigenvalue weighted by atomic mass is 10.1. The smallest absolute Gasteiger partial charge is 0.225 e. The van der Waals surface area contributed by atoms with Gasteiger partial charge in [0, 0.05) is 24.3 Å². The summed E-state index contributed by atoms with van der Waals surface area (Å²) < 4.78 is 0. The van der Waals surface area contributed by atoms with Gasteiger partial charge in [-0.15, -0.1) is 0 Å². The highest BCUT2D eigenvalue weighted by molar-refractivity contribution is 5.94. The highest BCUT2D eigenvalue weighted by Gasteiger charge is 1.98. The van der Waals surface area contributed by atoms with Crippen molar-refractivity contribution in [2.24, 2.45) is 0 Å². The van der Waals surface area contributed by atoms with Crippen LogP contribution in [0, 0.1) is 0 Å². The van der Waals surface area contributed by atoms with Crippen molar-refractivity contribution >= 4 is 28.9 Å². The van der Waals surface area contributed by atoms with Gasteiger partial charge in [-0.2, -0.15) is 0 Å². The molecule has 0 aromatic heterocycles. The third-order valence-electron chi connectivity index (χ3n) is 2.68. The van der Waals surface area contributed by atoms with Crippen LogP contribution in [0.1, 0.15) is 5.56 Å². The van der Waals surface area contributed by atoms with Gasteiger partial charge < -0.3 is 10.7 Å². The number of rotatable bonds is 5. The van der Waals surface area contributed by atoms with Crippen molar-refractivity contribution in [2.75, 3.05) is 12.4 Å². The highest BCUT2D eigenvalue weighted by atomic mass is 16.1. The third kappa shape index (κ3) is 2.60. The van der Waals surface area contributed by atoms with Crippen LogP contribution in [0.5, 0.6) is 0 Å². The molecule has 18 heavy (non-hydrogen) atoms. The van der Waals surface area contributed by atoms with Gasteiger partial charge in [0.2, 0.25) is 6.41 Å². The molecule has 0 saturated carbocycles. The molecule has 0 aliphatic rings. The molecule has 2 aromatic carbocycles. The average molecular weight is 241 g/mol. The number of hydrogen-bond acceptors (Lipinski definition) is 3. The maximum absolute atomic E-state index is 10.0. The number of benzene rings is 2. The zero-order valence-electron chi connectivity index (χ0n) is 10.1. The first-order valence-electron chi connectivity index (χ1n) is 5.67. The summed E-state index contributed by atoms with van der Waals surface area (Å²) in [5, 5.41) is 5.53. The highest BCUT2D eigenvalue weighted by Crippen LogP contribution is 2.24. The largest absolute Gasteiger partial charge is 0.388 e. The second-order valence-corrected chi connectivity index (χ2v) is 3.78. The molecule has 0 bridgehead atoms. The molecule has 2 rings (SSSR count). The fraction of sp³-hybridized carbons (Fsp3) is 0.0714. The molecule has 4 nitrogen and oxygen atoms in total. The molecule has 0 spiro atoms. The molecule has 0 radical (unpaired) electrons. The summed E-state index contributed by atoms with van der Waals surface area (Å²) in [4.78, 5) is 10.0. The molecule has 4 heteroatoms. The van der Waals surface area contributed by atoms with E-state index in [1.165, 1.54) is 10.8 Å². The lowest BCUT2D eigenvalue weighted by Gasteiger charge is -2.06. The normalized spacial score (nSPS) is 10.5. The minimum Gasteiger partial charge on any atom is -0.388 e. The minimum atomic E-state index is 0.587. The number of carbonyl (C=O) groups excluding carboxylic acids is 1. The Morgan fingerprint density at radius 3 is 2.78 bits per heavy atom. The molecule has 92 valence electrons. The van der Waals surface area contributed by atoms with Crippen molar-refractivity contribution in [3.05, 3.63) is 48.2 Å². The van der Waals surface area contributed by atoms with Gasteiger partial charge in [0.15, 0.2) is 0 Å². The van der Waals surface area contributed by atoms with E-state index in [0.29, 0.717) is 6.41 Å². The first-order valence-corrected chi connectivity index (χ1v) is 5.67. The Hall–Kier alpha value is -2.49. The van der Waals surface area contributed by atoms with Gasteiger partial charge in [-0.05, 0) is 29.2 Å². The topological polar surface area (TPSA) is 53.2 Å². The van der Waals surface area contributed by atoms with E-state index in [2.05, 4.69) is 34.4 Å². The lowest BCUT2D eigenvalue weighted by Crippen LogP contribution is -2.24. The zero-order chi connectivity index (χ0) is 12.8. The molecule has 2 aromatic rings. The minimum absolute atomic E-state index is 0.587. The van der Waals surface area contributed by atoms with E-state index < -0.39 is 0 Å². The summed E-state index contributed by atoms with van der Waals surface area (Å²) in [7, 11) is 1.91. The number of amides is 1. The van der Waals surface area contributed by atoms with Crippen LogP contribution >= 0.6 is 0 Å². The van der Waals surface area contributed by atoms with E-state index in [1.54, 1.807) is 6.20 Å². The van der Waals surface area contributed by atoms with E-state index >= 15 is 0 Å². The molecular formula is C14H15N3O. The van der Waals surface area contributed by atoms with E-state index in [-0.39, 0.29) is 0 Å². The summed E-state index contributed by atoms with van der Waals surface area (Å²) in [6.45, 7) is 0. The van der Waals surface area contributed by atoms with Gasteiger partial charge in [0.05, 0.1) is 0 Å². The van der Waals surface area contributed by atoms with Crippen LogP contribution in [0.4, 0.5) is 5.69 Å². The Morgan fingerprint density at radius 2 is 2.00 bits per heavy atom. The number of hydrazine groups is 1. The predicted octanol–water partition coefficient (Wildman–Crippen LogP) is 2.10. The standard InChI is InChI=1S/C14H15N3O/c1-15-14-4-2-3-12-9-11(5-6-13(12)14)7-8-16-17-10-18/h2-10,15-16H,1H3,(H,17,18)/b8-7+. The van der Waals surface area contributed by atoms with Crippen molar-refractivity contribution in [3.63, 3.8) is 0 Å². The first-order chi connectivity index (χ1) is 8.85. The Balaban J connectivity index is 2.27. The van der Waals surface area contributed by atoms with E-state index in [0.717, 1.165) is 11.3 Å². The summed E-state index contributed by atoms with van der Waals surface area (Å²) in [6, 6.07) is 12.3. The maximum Gasteiger partial charge on any atom is 0.225 e. The SMILES string of the molecule is CNc1cccc2cc(/C=C/NNC=O)ccc12. The van der Waals surface area contributed by atoms with Gasteiger partial charge in [0.1, 0.15) is 0 Å².